The second kappa shape index (κ2) is 8.16. The number of piperidine rings is 1. The van der Waals surface area contributed by atoms with Gasteiger partial charge in [0.15, 0.2) is 11.6 Å². The molecule has 0 saturated carbocycles. The van der Waals surface area contributed by atoms with Crippen molar-refractivity contribution in [3.05, 3.63) is 65.0 Å². The molecule has 1 N–H and O–H groups in total. The van der Waals surface area contributed by atoms with Crippen LogP contribution in [0.2, 0.25) is 5.02 Å². The average Bonchev–Trinajstić information content (AvgIpc) is 3.21. The number of hydrogen-bond acceptors (Lipinski definition) is 4. The number of anilines is 1. The quantitative estimate of drug-likeness (QED) is 0.615. The molecular weight excluding hydrogens is 402 g/mol. The molecule has 9 heteroatoms. The van der Waals surface area contributed by atoms with Crippen molar-refractivity contribution in [2.75, 3.05) is 11.9 Å². The molecule has 2 aromatic carbocycles. The fourth-order valence-corrected chi connectivity index (χ4v) is 3.51. The van der Waals surface area contributed by atoms with Crippen LogP contribution in [0.15, 0.2) is 47.0 Å². The average molecular weight is 419 g/mol. The number of nitrogens with zero attached hydrogens (tertiary/aromatic N) is 3. The summed E-state index contributed by atoms with van der Waals surface area (Å²) in [5.41, 5.74) is 0.879. The van der Waals surface area contributed by atoms with Gasteiger partial charge < -0.3 is 14.7 Å². The molecule has 29 heavy (non-hydrogen) atoms. The van der Waals surface area contributed by atoms with Gasteiger partial charge in [-0.3, -0.25) is 0 Å². The Morgan fingerprint density at radius 3 is 2.83 bits per heavy atom. The minimum Gasteiger partial charge on any atom is -0.337 e. The fraction of sp³-hybridized carbons (Fsp3) is 0.250. The summed E-state index contributed by atoms with van der Waals surface area (Å²) in [6.45, 7) is 0.481. The first-order valence-electron chi connectivity index (χ1n) is 9.13. The standard InChI is InChI=1S/C20H17ClF2N4O2/c21-13-5-3-4-12(10-13)18-25-19(29-26-18)17-6-1-2-9-27(17)20(28)24-14-7-8-15(22)16(23)11-14/h3-5,7-8,10-11,17H,1-2,6,9H2,(H,24,28). The zero-order valence-corrected chi connectivity index (χ0v) is 16.0. The monoisotopic (exact) mass is 418 g/mol. The summed E-state index contributed by atoms with van der Waals surface area (Å²) in [6, 6.07) is 9.44. The Morgan fingerprint density at radius 1 is 1.17 bits per heavy atom. The van der Waals surface area contributed by atoms with Crippen LogP contribution in [0.3, 0.4) is 0 Å². The van der Waals surface area contributed by atoms with Crippen LogP contribution in [-0.2, 0) is 0 Å². The van der Waals surface area contributed by atoms with Crippen LogP contribution in [0.5, 0.6) is 0 Å². The van der Waals surface area contributed by atoms with Crippen LogP contribution >= 0.6 is 11.6 Å². The molecule has 1 fully saturated rings. The van der Waals surface area contributed by atoms with Crippen molar-refractivity contribution in [1.82, 2.24) is 15.0 Å². The van der Waals surface area contributed by atoms with Gasteiger partial charge in [-0.05, 0) is 43.5 Å². The van der Waals surface area contributed by atoms with Crippen LogP contribution in [0.4, 0.5) is 19.3 Å². The summed E-state index contributed by atoms with van der Waals surface area (Å²) in [7, 11) is 0. The van der Waals surface area contributed by atoms with Gasteiger partial charge in [0.2, 0.25) is 11.7 Å². The molecule has 1 aliphatic heterocycles. The third kappa shape index (κ3) is 4.22. The number of aromatic nitrogens is 2. The molecular formula is C20H17ClF2N4O2. The Labute approximate surface area is 170 Å². The zero-order chi connectivity index (χ0) is 20.4. The summed E-state index contributed by atoms with van der Waals surface area (Å²) >= 11 is 6.02. The summed E-state index contributed by atoms with van der Waals surface area (Å²) in [6.07, 6.45) is 2.37. The molecule has 1 unspecified atom stereocenters. The maximum atomic E-state index is 13.4. The summed E-state index contributed by atoms with van der Waals surface area (Å²) in [5, 5.41) is 7.16. The van der Waals surface area contributed by atoms with Crippen LogP contribution < -0.4 is 5.32 Å². The van der Waals surface area contributed by atoms with Crippen molar-refractivity contribution in [2.45, 2.75) is 25.3 Å². The van der Waals surface area contributed by atoms with Crippen LogP contribution in [-0.4, -0.2) is 27.6 Å². The van der Waals surface area contributed by atoms with E-state index in [9.17, 15) is 13.6 Å². The highest BCUT2D eigenvalue weighted by atomic mass is 35.5. The maximum absolute atomic E-state index is 13.4. The van der Waals surface area contributed by atoms with Gasteiger partial charge in [-0.25, -0.2) is 13.6 Å². The van der Waals surface area contributed by atoms with Crippen molar-refractivity contribution < 1.29 is 18.1 Å². The van der Waals surface area contributed by atoms with E-state index in [1.54, 1.807) is 23.1 Å². The topological polar surface area (TPSA) is 71.3 Å². The predicted molar refractivity (Wildman–Crippen MR) is 103 cm³/mol. The van der Waals surface area contributed by atoms with Crippen molar-refractivity contribution in [1.29, 1.82) is 0 Å². The van der Waals surface area contributed by atoms with Crippen molar-refractivity contribution >= 4 is 23.3 Å². The molecule has 1 atom stereocenters. The van der Waals surface area contributed by atoms with Gasteiger partial charge in [-0.15, -0.1) is 0 Å². The first kappa shape index (κ1) is 19.3. The highest BCUT2D eigenvalue weighted by molar-refractivity contribution is 6.30. The van der Waals surface area contributed by atoms with E-state index in [-0.39, 0.29) is 5.69 Å². The summed E-state index contributed by atoms with van der Waals surface area (Å²) < 4.78 is 32.0. The smallest absolute Gasteiger partial charge is 0.322 e. The highest BCUT2D eigenvalue weighted by Gasteiger charge is 2.32. The van der Waals surface area contributed by atoms with E-state index < -0.39 is 23.7 Å². The summed E-state index contributed by atoms with van der Waals surface area (Å²) in [5.74, 6) is -1.30. The van der Waals surface area contributed by atoms with E-state index >= 15 is 0 Å². The Morgan fingerprint density at radius 2 is 2.03 bits per heavy atom. The number of hydrogen-bond donors (Lipinski definition) is 1. The van der Waals surface area contributed by atoms with E-state index in [1.165, 1.54) is 6.07 Å². The molecule has 1 aromatic heterocycles. The second-order valence-electron chi connectivity index (χ2n) is 6.73. The van der Waals surface area contributed by atoms with E-state index in [1.807, 2.05) is 6.07 Å². The number of likely N-dealkylation sites (tertiary alicyclic amines) is 1. The van der Waals surface area contributed by atoms with Crippen LogP contribution in [0.1, 0.15) is 31.2 Å². The third-order valence-electron chi connectivity index (χ3n) is 4.74. The molecule has 1 aliphatic rings. The first-order chi connectivity index (χ1) is 14.0. The number of amides is 2. The lowest BCUT2D eigenvalue weighted by Gasteiger charge is -2.33. The first-order valence-corrected chi connectivity index (χ1v) is 9.51. The normalized spacial score (nSPS) is 16.7. The molecule has 0 bridgehead atoms. The molecule has 2 amide bonds. The number of benzene rings is 2. The number of rotatable bonds is 3. The molecule has 150 valence electrons. The number of carbonyl (C=O) groups is 1. The van der Waals surface area contributed by atoms with Gasteiger partial charge in [-0.1, -0.05) is 28.9 Å². The van der Waals surface area contributed by atoms with Gasteiger partial charge in [-0.2, -0.15) is 4.98 Å². The predicted octanol–water partition coefficient (Wildman–Crippen LogP) is 5.43. The van der Waals surface area contributed by atoms with Crippen LogP contribution in [0, 0.1) is 11.6 Å². The Hall–Kier alpha value is -3.00. The lowest BCUT2D eigenvalue weighted by atomic mass is 10.0. The zero-order valence-electron chi connectivity index (χ0n) is 15.2. The molecule has 0 spiro atoms. The minimum absolute atomic E-state index is 0.170. The van der Waals surface area contributed by atoms with Crippen molar-refractivity contribution in [3.8, 4) is 11.4 Å². The Bertz CT molecular complexity index is 1040. The van der Waals surface area contributed by atoms with E-state index in [2.05, 4.69) is 15.5 Å². The van der Waals surface area contributed by atoms with Crippen molar-refractivity contribution in [2.24, 2.45) is 0 Å². The summed E-state index contributed by atoms with van der Waals surface area (Å²) in [4.78, 5) is 18.8. The van der Waals surface area contributed by atoms with Gasteiger partial charge in [0.25, 0.3) is 0 Å². The maximum Gasteiger partial charge on any atom is 0.322 e. The van der Waals surface area contributed by atoms with Crippen LogP contribution in [0.25, 0.3) is 11.4 Å². The molecule has 0 aliphatic carbocycles. The number of urea groups is 1. The third-order valence-corrected chi connectivity index (χ3v) is 4.98. The van der Waals surface area contributed by atoms with E-state index in [4.69, 9.17) is 16.1 Å². The Balaban J connectivity index is 1.54. The second-order valence-corrected chi connectivity index (χ2v) is 7.17. The lowest BCUT2D eigenvalue weighted by molar-refractivity contribution is 0.142. The van der Waals surface area contributed by atoms with Gasteiger partial charge in [0.1, 0.15) is 6.04 Å². The SMILES string of the molecule is O=C(Nc1ccc(F)c(F)c1)N1CCCCC1c1nc(-c2cccc(Cl)c2)no1. The lowest BCUT2D eigenvalue weighted by Crippen LogP contribution is -2.41. The molecule has 0 radical (unpaired) electrons. The van der Waals surface area contributed by atoms with Gasteiger partial charge in [0.05, 0.1) is 0 Å². The molecule has 3 aromatic rings. The molecule has 1 saturated heterocycles. The molecule has 4 rings (SSSR count). The highest BCUT2D eigenvalue weighted by Crippen LogP contribution is 2.32. The van der Waals surface area contributed by atoms with Gasteiger partial charge in [0, 0.05) is 28.9 Å². The van der Waals surface area contributed by atoms with Gasteiger partial charge >= 0.3 is 6.03 Å². The number of nitrogens with one attached hydrogen (secondary N) is 1. The van der Waals surface area contributed by atoms with Crippen molar-refractivity contribution in [3.63, 3.8) is 0 Å². The molecule has 2 heterocycles. The number of carbonyl (C=O) groups excluding carboxylic acids is 1. The van der Waals surface area contributed by atoms with E-state index in [0.29, 0.717) is 35.3 Å². The largest absolute Gasteiger partial charge is 0.337 e. The number of halogens is 3. The molecule has 6 nitrogen and oxygen atoms in total. The fourth-order valence-electron chi connectivity index (χ4n) is 3.32. The Kier molecular flexibility index (Phi) is 5.44. The minimum atomic E-state index is -1.03. The van der Waals surface area contributed by atoms with E-state index in [0.717, 1.165) is 25.0 Å².